The van der Waals surface area contributed by atoms with Crippen LogP contribution in [0.15, 0.2) is 201 Å². The molecule has 0 saturated heterocycles. The van der Waals surface area contributed by atoms with Crippen LogP contribution in [0.4, 0.5) is 0 Å². The summed E-state index contributed by atoms with van der Waals surface area (Å²) in [5, 5.41) is 0. The highest BCUT2D eigenvalue weighted by atomic mass is 14.4. The van der Waals surface area contributed by atoms with Gasteiger partial charge in [-0.05, 0) is 130 Å². The quantitative estimate of drug-likeness (QED) is 0.136. The molecule has 0 aromatic heterocycles. The molecular weight excluding hydrogens is 697 g/mol. The topological polar surface area (TPSA) is 0 Å². The van der Waals surface area contributed by atoms with E-state index in [1.165, 1.54) is 77.9 Å². The van der Waals surface area contributed by atoms with Gasteiger partial charge in [-0.25, -0.2) is 0 Å². The van der Waals surface area contributed by atoms with Crippen molar-refractivity contribution < 1.29 is 0 Å². The number of fused-ring (bicyclic) bond motifs is 3. The van der Waals surface area contributed by atoms with Gasteiger partial charge in [-0.15, -0.1) is 0 Å². The molecule has 0 fully saturated rings. The van der Waals surface area contributed by atoms with Crippen LogP contribution in [0.3, 0.4) is 0 Å². The highest BCUT2D eigenvalue weighted by Gasteiger charge is 2.35. The van der Waals surface area contributed by atoms with Crippen molar-refractivity contribution in [3.05, 3.63) is 240 Å². The normalized spacial score (nSPS) is 12.2. The Balaban J connectivity index is 0.000000206. The van der Waals surface area contributed by atoms with E-state index in [0.717, 1.165) is 16.7 Å². The molecule has 0 aliphatic heterocycles. The lowest BCUT2D eigenvalue weighted by atomic mass is 9.81. The standard InChI is InChI=1S/C24H22.C23H22.C9H12.C2H6/c1-18(21-10-6-4-7-11-21)16-19(2)23-14-15-24(20(3)17-23)22-12-8-5-9-13-22;1-15-9-5-6-10-17(15)19-14-20-18-11-7-8-12-21(18)23(3,4)22(20)13-16(19)2;1-5-7-9(6-2)8(3)4;1-2/h4-17H,2H2,1,3H3;5-14H,1-4H3;5-7H,1-3H2,4H3;1-2H3/b18-16+;;9-7+;. The second kappa shape index (κ2) is 20.8. The molecule has 0 heteroatoms. The van der Waals surface area contributed by atoms with Gasteiger partial charge in [0, 0.05) is 5.41 Å². The maximum absolute atomic E-state index is 4.26. The highest BCUT2D eigenvalue weighted by molar-refractivity contribution is 5.86. The van der Waals surface area contributed by atoms with Gasteiger partial charge in [0.2, 0.25) is 0 Å². The molecule has 0 spiro atoms. The molecule has 0 saturated carbocycles. The fourth-order valence-electron chi connectivity index (χ4n) is 7.47. The number of hydrogen-bond donors (Lipinski definition) is 0. The maximum Gasteiger partial charge on any atom is 0.0158 e. The van der Waals surface area contributed by atoms with Crippen LogP contribution in [0.1, 0.15) is 80.5 Å². The summed E-state index contributed by atoms with van der Waals surface area (Å²) >= 11 is 0. The Morgan fingerprint density at radius 2 is 1.09 bits per heavy atom. The highest BCUT2D eigenvalue weighted by Crippen LogP contribution is 2.50. The molecule has 1 aliphatic carbocycles. The van der Waals surface area contributed by atoms with Gasteiger partial charge in [0.15, 0.2) is 0 Å². The van der Waals surface area contributed by atoms with E-state index in [-0.39, 0.29) is 5.41 Å². The van der Waals surface area contributed by atoms with Crippen molar-refractivity contribution in [1.82, 2.24) is 0 Å². The summed E-state index contributed by atoms with van der Waals surface area (Å²) in [4.78, 5) is 0. The molecule has 0 heterocycles. The first-order valence-corrected chi connectivity index (χ1v) is 20.4. The SMILES string of the molecule is C=C(/C=C(\C)c1ccccc1)c1ccc(-c2ccccc2)c(C)c1.C=C/C=C(\C=C)C(=C)C.CC.Cc1ccccc1-c1cc2c(cc1C)C(C)(C)c1ccccc1-2. The fourth-order valence-corrected chi connectivity index (χ4v) is 7.47. The van der Waals surface area contributed by atoms with Crippen molar-refractivity contribution in [2.75, 3.05) is 0 Å². The molecule has 0 nitrogen and oxygen atoms in total. The van der Waals surface area contributed by atoms with Gasteiger partial charge in [-0.2, -0.15) is 0 Å². The number of benzene rings is 6. The van der Waals surface area contributed by atoms with Crippen LogP contribution in [0.5, 0.6) is 0 Å². The third-order valence-electron chi connectivity index (χ3n) is 10.7. The van der Waals surface area contributed by atoms with E-state index in [1.807, 2.05) is 39.0 Å². The first-order valence-electron chi connectivity index (χ1n) is 20.4. The van der Waals surface area contributed by atoms with Crippen molar-refractivity contribution in [3.8, 4) is 33.4 Å². The van der Waals surface area contributed by atoms with Crippen molar-refractivity contribution >= 4 is 11.1 Å². The smallest absolute Gasteiger partial charge is 0.0158 e. The van der Waals surface area contributed by atoms with Gasteiger partial charge >= 0.3 is 0 Å². The molecule has 0 N–H and O–H groups in total. The molecule has 7 rings (SSSR count). The molecular formula is C58H62. The van der Waals surface area contributed by atoms with Crippen molar-refractivity contribution in [2.24, 2.45) is 0 Å². The van der Waals surface area contributed by atoms with Crippen molar-refractivity contribution in [2.45, 2.75) is 67.7 Å². The van der Waals surface area contributed by atoms with Crippen LogP contribution in [-0.4, -0.2) is 0 Å². The lowest BCUT2D eigenvalue weighted by molar-refractivity contribution is 0.660. The predicted molar refractivity (Wildman–Crippen MR) is 259 cm³/mol. The summed E-state index contributed by atoms with van der Waals surface area (Å²) in [7, 11) is 0. The lowest BCUT2D eigenvalue weighted by Crippen LogP contribution is -2.15. The molecule has 6 aromatic carbocycles. The van der Waals surface area contributed by atoms with Gasteiger partial charge in [-0.1, -0.05) is 217 Å². The summed E-state index contributed by atoms with van der Waals surface area (Å²) < 4.78 is 0. The van der Waals surface area contributed by atoms with E-state index >= 15 is 0 Å². The van der Waals surface area contributed by atoms with Gasteiger partial charge in [0.05, 0.1) is 0 Å². The first-order chi connectivity index (χ1) is 27.9. The molecule has 6 aromatic rings. The summed E-state index contributed by atoms with van der Waals surface area (Å²) in [5.74, 6) is 0. The van der Waals surface area contributed by atoms with Gasteiger partial charge in [0.1, 0.15) is 0 Å². The maximum atomic E-state index is 4.26. The average Bonchev–Trinajstić information content (AvgIpc) is 3.46. The summed E-state index contributed by atoms with van der Waals surface area (Å²) in [6, 6.07) is 49.8. The molecule has 0 amide bonds. The summed E-state index contributed by atoms with van der Waals surface area (Å²) in [6.45, 7) is 34.5. The van der Waals surface area contributed by atoms with Crippen molar-refractivity contribution in [1.29, 1.82) is 0 Å². The summed E-state index contributed by atoms with van der Waals surface area (Å²) in [6.07, 6.45) is 7.54. The Morgan fingerprint density at radius 1 is 0.517 bits per heavy atom. The van der Waals surface area contributed by atoms with Crippen LogP contribution in [-0.2, 0) is 5.41 Å². The largest absolute Gasteiger partial charge is 0.0990 e. The third-order valence-corrected chi connectivity index (χ3v) is 10.7. The van der Waals surface area contributed by atoms with Crippen LogP contribution < -0.4 is 0 Å². The number of aryl methyl sites for hydroxylation is 3. The zero-order valence-electron chi connectivity index (χ0n) is 36.4. The van der Waals surface area contributed by atoms with E-state index in [0.29, 0.717) is 0 Å². The third kappa shape index (κ3) is 10.6. The monoisotopic (exact) mass is 758 g/mol. The Morgan fingerprint density at radius 3 is 1.66 bits per heavy atom. The van der Waals surface area contributed by atoms with E-state index in [2.05, 4.69) is 201 Å². The number of rotatable bonds is 8. The lowest BCUT2D eigenvalue weighted by Gasteiger charge is -2.22. The Hall–Kier alpha value is -6.24. The van der Waals surface area contributed by atoms with E-state index in [1.54, 1.807) is 12.2 Å². The molecule has 0 bridgehead atoms. The Labute approximate surface area is 351 Å². The second-order valence-corrected chi connectivity index (χ2v) is 15.2. The van der Waals surface area contributed by atoms with Crippen LogP contribution in [0, 0.1) is 20.8 Å². The van der Waals surface area contributed by atoms with E-state index in [9.17, 15) is 0 Å². The molecule has 0 radical (unpaired) electrons. The van der Waals surface area contributed by atoms with Crippen LogP contribution >= 0.6 is 0 Å². The summed E-state index contributed by atoms with van der Waals surface area (Å²) in [5.41, 5.74) is 21.7. The molecule has 58 heavy (non-hydrogen) atoms. The second-order valence-electron chi connectivity index (χ2n) is 15.2. The minimum Gasteiger partial charge on any atom is -0.0990 e. The van der Waals surface area contributed by atoms with Crippen LogP contribution in [0.2, 0.25) is 0 Å². The number of hydrogen-bond acceptors (Lipinski definition) is 0. The zero-order valence-corrected chi connectivity index (χ0v) is 36.4. The van der Waals surface area contributed by atoms with Crippen LogP contribution in [0.25, 0.3) is 44.5 Å². The van der Waals surface area contributed by atoms with Gasteiger partial charge in [0.25, 0.3) is 0 Å². The van der Waals surface area contributed by atoms with E-state index < -0.39 is 0 Å². The molecule has 294 valence electrons. The average molecular weight is 759 g/mol. The first kappa shape index (κ1) is 44.5. The Bertz CT molecular complexity index is 2430. The number of allylic oxidation sites excluding steroid dienone is 8. The van der Waals surface area contributed by atoms with Gasteiger partial charge < -0.3 is 0 Å². The minimum absolute atomic E-state index is 0.0843. The van der Waals surface area contributed by atoms with E-state index in [4.69, 9.17) is 0 Å². The molecule has 0 unspecified atom stereocenters. The minimum atomic E-state index is 0.0843. The fraction of sp³-hybridized carbons (Fsp3) is 0.172. The molecule has 0 atom stereocenters. The molecule has 1 aliphatic rings. The van der Waals surface area contributed by atoms with Gasteiger partial charge in [-0.3, -0.25) is 0 Å². The van der Waals surface area contributed by atoms with Crippen molar-refractivity contribution in [3.63, 3.8) is 0 Å². The Kier molecular flexibility index (Phi) is 15.9. The zero-order chi connectivity index (χ0) is 42.4. The predicted octanol–water partition coefficient (Wildman–Crippen LogP) is 16.9.